The van der Waals surface area contributed by atoms with Crippen molar-refractivity contribution < 1.29 is 0 Å². The predicted octanol–water partition coefficient (Wildman–Crippen LogP) is 3.30. The minimum absolute atomic E-state index is 0.810. The number of aryl methyl sites for hydroxylation is 1. The van der Waals surface area contributed by atoms with Crippen molar-refractivity contribution in [2.75, 3.05) is 0 Å². The molecule has 0 bridgehead atoms. The molecule has 1 aliphatic carbocycles. The lowest BCUT2D eigenvalue weighted by molar-refractivity contribution is 0.268. The van der Waals surface area contributed by atoms with Crippen LogP contribution in [-0.2, 0) is 6.54 Å². The third-order valence-corrected chi connectivity index (χ3v) is 4.30. The quantitative estimate of drug-likeness (QED) is 0.845. The third kappa shape index (κ3) is 1.65. The summed E-state index contributed by atoms with van der Waals surface area (Å²) >= 11 is 3.56. The highest BCUT2D eigenvalue weighted by atomic mass is 79.9. The molecule has 3 rings (SSSR count). The van der Waals surface area contributed by atoms with Crippen LogP contribution in [0.2, 0.25) is 0 Å². The molecule has 84 valence electrons. The summed E-state index contributed by atoms with van der Waals surface area (Å²) in [6.07, 6.45) is 4.06. The Bertz CT molecular complexity index is 528. The normalized spacial score (nSPS) is 16.6. The van der Waals surface area contributed by atoms with Gasteiger partial charge in [0.1, 0.15) is 5.52 Å². The van der Waals surface area contributed by atoms with E-state index in [-0.39, 0.29) is 0 Å². The number of aromatic nitrogens is 3. The smallest absolute Gasteiger partial charge is 0.113 e. The van der Waals surface area contributed by atoms with E-state index in [1.165, 1.54) is 24.8 Å². The van der Waals surface area contributed by atoms with E-state index in [0.29, 0.717) is 0 Å². The molecule has 1 aliphatic rings. The van der Waals surface area contributed by atoms with Gasteiger partial charge < -0.3 is 0 Å². The Kier molecular flexibility index (Phi) is 2.46. The van der Waals surface area contributed by atoms with Crippen molar-refractivity contribution in [1.82, 2.24) is 15.0 Å². The average molecular weight is 280 g/mol. The van der Waals surface area contributed by atoms with E-state index >= 15 is 0 Å². The minimum Gasteiger partial charge on any atom is -0.244 e. The largest absolute Gasteiger partial charge is 0.244 e. The van der Waals surface area contributed by atoms with Crippen molar-refractivity contribution in [2.45, 2.75) is 32.7 Å². The van der Waals surface area contributed by atoms with Crippen LogP contribution >= 0.6 is 15.9 Å². The monoisotopic (exact) mass is 279 g/mol. The molecular weight excluding hydrogens is 266 g/mol. The Morgan fingerprint density at radius 3 is 2.94 bits per heavy atom. The van der Waals surface area contributed by atoms with Gasteiger partial charge in [-0.25, -0.2) is 4.68 Å². The van der Waals surface area contributed by atoms with Gasteiger partial charge in [-0.3, -0.25) is 0 Å². The first kappa shape index (κ1) is 10.3. The molecule has 1 heterocycles. The van der Waals surface area contributed by atoms with E-state index in [0.717, 1.165) is 28.0 Å². The fraction of sp³-hybridized carbons (Fsp3) is 0.500. The van der Waals surface area contributed by atoms with Crippen LogP contribution < -0.4 is 0 Å². The molecule has 0 aliphatic heterocycles. The second-order valence-corrected chi connectivity index (χ2v) is 5.51. The lowest BCUT2D eigenvalue weighted by atomic mass is 9.85. The first-order valence-corrected chi connectivity index (χ1v) is 6.52. The van der Waals surface area contributed by atoms with E-state index in [1.54, 1.807) is 0 Å². The molecule has 4 heteroatoms. The first-order chi connectivity index (χ1) is 7.74. The van der Waals surface area contributed by atoms with Crippen LogP contribution in [0.4, 0.5) is 0 Å². The summed E-state index contributed by atoms with van der Waals surface area (Å²) in [6.45, 7) is 3.10. The van der Waals surface area contributed by atoms with Crippen LogP contribution in [0.25, 0.3) is 11.0 Å². The molecule has 0 amide bonds. The summed E-state index contributed by atoms with van der Waals surface area (Å²) in [7, 11) is 0. The molecule has 0 spiro atoms. The van der Waals surface area contributed by atoms with Crippen molar-refractivity contribution in [3.63, 3.8) is 0 Å². The zero-order valence-corrected chi connectivity index (χ0v) is 10.9. The van der Waals surface area contributed by atoms with Gasteiger partial charge in [0.05, 0.1) is 5.52 Å². The van der Waals surface area contributed by atoms with Crippen LogP contribution in [-0.4, -0.2) is 15.0 Å². The number of halogens is 1. The number of fused-ring (bicyclic) bond motifs is 1. The molecule has 1 saturated carbocycles. The maximum atomic E-state index is 4.25. The molecule has 1 aromatic heterocycles. The summed E-state index contributed by atoms with van der Waals surface area (Å²) in [5, 5.41) is 8.47. The molecule has 1 aromatic carbocycles. The topological polar surface area (TPSA) is 30.7 Å². The van der Waals surface area contributed by atoms with E-state index in [2.05, 4.69) is 45.3 Å². The molecule has 2 aromatic rings. The lowest BCUT2D eigenvalue weighted by Crippen LogP contribution is -2.18. The average Bonchev–Trinajstić information content (AvgIpc) is 2.56. The summed E-state index contributed by atoms with van der Waals surface area (Å²) in [5.41, 5.74) is 3.35. The number of hydrogen-bond donors (Lipinski definition) is 0. The van der Waals surface area contributed by atoms with E-state index in [1.807, 2.05) is 4.68 Å². The Hall–Kier alpha value is -0.900. The second kappa shape index (κ2) is 3.84. The van der Waals surface area contributed by atoms with Gasteiger partial charge in [0.2, 0.25) is 0 Å². The SMILES string of the molecule is Cc1cc2nnn(CC3CCC3)c2cc1Br. The van der Waals surface area contributed by atoms with Crippen molar-refractivity contribution >= 4 is 27.0 Å². The van der Waals surface area contributed by atoms with Crippen molar-refractivity contribution in [3.05, 3.63) is 22.2 Å². The summed E-state index contributed by atoms with van der Waals surface area (Å²) < 4.78 is 3.18. The molecule has 0 radical (unpaired) electrons. The molecular formula is C12H14BrN3. The minimum atomic E-state index is 0.810. The highest BCUT2D eigenvalue weighted by Gasteiger charge is 2.19. The number of nitrogens with zero attached hydrogens (tertiary/aromatic N) is 3. The predicted molar refractivity (Wildman–Crippen MR) is 67.3 cm³/mol. The lowest BCUT2D eigenvalue weighted by Gasteiger charge is -2.24. The van der Waals surface area contributed by atoms with E-state index < -0.39 is 0 Å². The van der Waals surface area contributed by atoms with Gasteiger partial charge in [0.25, 0.3) is 0 Å². The van der Waals surface area contributed by atoms with Gasteiger partial charge in [0.15, 0.2) is 0 Å². The maximum Gasteiger partial charge on any atom is 0.113 e. The zero-order valence-electron chi connectivity index (χ0n) is 9.28. The first-order valence-electron chi connectivity index (χ1n) is 5.73. The molecule has 0 saturated heterocycles. The fourth-order valence-corrected chi connectivity index (χ4v) is 2.48. The standard InChI is InChI=1S/C12H14BrN3/c1-8-5-11-12(6-10(8)13)16(15-14-11)7-9-3-2-4-9/h5-6,9H,2-4,7H2,1H3. The number of hydrogen-bond acceptors (Lipinski definition) is 2. The highest BCUT2D eigenvalue weighted by Crippen LogP contribution is 2.29. The van der Waals surface area contributed by atoms with Crippen LogP contribution in [0, 0.1) is 12.8 Å². The van der Waals surface area contributed by atoms with Gasteiger partial charge in [0, 0.05) is 11.0 Å². The van der Waals surface area contributed by atoms with E-state index in [9.17, 15) is 0 Å². The Labute approximate surface area is 103 Å². The third-order valence-electron chi connectivity index (χ3n) is 3.45. The van der Waals surface area contributed by atoms with Crippen LogP contribution in [0.3, 0.4) is 0 Å². The van der Waals surface area contributed by atoms with Crippen molar-refractivity contribution in [3.8, 4) is 0 Å². The summed E-state index contributed by atoms with van der Waals surface area (Å²) in [5.74, 6) is 0.810. The van der Waals surface area contributed by atoms with Gasteiger partial charge >= 0.3 is 0 Å². The fourth-order valence-electron chi connectivity index (χ4n) is 2.15. The van der Waals surface area contributed by atoms with Crippen molar-refractivity contribution in [1.29, 1.82) is 0 Å². The van der Waals surface area contributed by atoms with Crippen LogP contribution in [0.5, 0.6) is 0 Å². The van der Waals surface area contributed by atoms with Gasteiger partial charge in [-0.15, -0.1) is 5.10 Å². The molecule has 3 nitrogen and oxygen atoms in total. The number of benzene rings is 1. The van der Waals surface area contributed by atoms with Gasteiger partial charge in [-0.1, -0.05) is 27.6 Å². The van der Waals surface area contributed by atoms with E-state index in [4.69, 9.17) is 0 Å². The summed E-state index contributed by atoms with van der Waals surface area (Å²) in [4.78, 5) is 0. The Morgan fingerprint density at radius 1 is 1.44 bits per heavy atom. The zero-order chi connectivity index (χ0) is 11.1. The molecule has 0 N–H and O–H groups in total. The maximum absolute atomic E-state index is 4.25. The molecule has 0 unspecified atom stereocenters. The molecule has 1 fully saturated rings. The Balaban J connectivity index is 2.01. The number of rotatable bonds is 2. The summed E-state index contributed by atoms with van der Waals surface area (Å²) in [6, 6.07) is 4.22. The molecule has 0 atom stereocenters. The van der Waals surface area contributed by atoms with Crippen LogP contribution in [0.15, 0.2) is 16.6 Å². The Morgan fingerprint density at radius 2 is 2.25 bits per heavy atom. The van der Waals surface area contributed by atoms with Crippen molar-refractivity contribution in [2.24, 2.45) is 5.92 Å². The molecule has 16 heavy (non-hydrogen) atoms. The van der Waals surface area contributed by atoms with Crippen LogP contribution in [0.1, 0.15) is 24.8 Å². The second-order valence-electron chi connectivity index (χ2n) is 4.66. The van der Waals surface area contributed by atoms with Gasteiger partial charge in [-0.2, -0.15) is 0 Å². The highest BCUT2D eigenvalue weighted by molar-refractivity contribution is 9.10. The van der Waals surface area contributed by atoms with Gasteiger partial charge in [-0.05, 0) is 43.4 Å².